The first-order valence-corrected chi connectivity index (χ1v) is 22.9. The molecule has 3 fully saturated rings. The third-order valence-corrected chi connectivity index (χ3v) is 13.3. The Kier molecular flexibility index (Phi) is 26.9. The van der Waals surface area contributed by atoms with Crippen LogP contribution in [0.25, 0.3) is 10.4 Å². The zero-order valence-electron chi connectivity index (χ0n) is 37.5. The van der Waals surface area contributed by atoms with Crippen molar-refractivity contribution in [2.24, 2.45) is 40.6 Å². The van der Waals surface area contributed by atoms with Crippen LogP contribution >= 0.6 is 0 Å². The zero-order valence-corrected chi connectivity index (χ0v) is 42.3. The Morgan fingerprint density at radius 3 is 1.67 bits per heavy atom. The van der Waals surface area contributed by atoms with E-state index in [1.807, 2.05) is 34.6 Å². The van der Waals surface area contributed by atoms with Crippen LogP contribution in [0.4, 0.5) is 0 Å². The molecule has 3 aliphatic rings. The van der Waals surface area contributed by atoms with Gasteiger partial charge in [0.2, 0.25) is 0 Å². The molecule has 0 aromatic carbocycles. The summed E-state index contributed by atoms with van der Waals surface area (Å²) >= 11 is 0. The van der Waals surface area contributed by atoms with Gasteiger partial charge in [-0.05, 0) is 49.5 Å². The first-order chi connectivity index (χ1) is 26.9. The smallest absolute Gasteiger partial charge is 0.184 e. The average molecular weight is 1020 g/mol. The van der Waals surface area contributed by atoms with Crippen LogP contribution in [-0.4, -0.2) is 84.5 Å². The number of ether oxygens (including phenoxy) is 6. The van der Waals surface area contributed by atoms with Crippen molar-refractivity contribution in [3.05, 3.63) is 22.6 Å². The van der Waals surface area contributed by atoms with E-state index in [4.69, 9.17) is 28.4 Å². The summed E-state index contributed by atoms with van der Waals surface area (Å²) in [5.74, 6) is -0.360. The van der Waals surface area contributed by atoms with Gasteiger partial charge in [0.25, 0.3) is 0 Å². The van der Waals surface area contributed by atoms with Crippen LogP contribution in [-0.2, 0) is 28.4 Å². The van der Waals surface area contributed by atoms with Crippen LogP contribution in [0, 0.1) is 79.6 Å². The molecule has 0 aromatic rings. The minimum absolute atomic E-state index is 0. The topological polar surface area (TPSA) is 145 Å². The van der Waals surface area contributed by atoms with Crippen LogP contribution in [0.1, 0.15) is 166 Å². The van der Waals surface area contributed by atoms with E-state index >= 15 is 0 Å². The largest absolute Gasteiger partial charge is 0.392 e. The molecule has 0 saturated carbocycles. The normalized spacial score (nSPS) is 37.0. The number of nitrogens with zero attached hydrogens (tertiary/aromatic N) is 3. The number of allylic oxidation sites excluding steroid dienone is 1. The van der Waals surface area contributed by atoms with Crippen LogP contribution in [0.2, 0.25) is 0 Å². The van der Waals surface area contributed by atoms with Crippen molar-refractivity contribution in [1.82, 2.24) is 0 Å². The predicted molar refractivity (Wildman–Crippen MR) is 223 cm³/mol. The predicted octanol–water partition coefficient (Wildman–Crippen LogP) is 10.7. The number of aliphatic hydroxyl groups excluding tert-OH is 2. The first kappa shape index (κ1) is 53.3. The van der Waals surface area contributed by atoms with Crippen LogP contribution in [0.5, 0.6) is 0 Å². The Labute approximate surface area is 383 Å². The van der Waals surface area contributed by atoms with Gasteiger partial charge in [-0.15, -0.1) is 0 Å². The van der Waals surface area contributed by atoms with E-state index in [0.717, 1.165) is 19.3 Å². The van der Waals surface area contributed by atoms with E-state index in [2.05, 4.69) is 56.8 Å². The minimum Gasteiger partial charge on any atom is -0.392 e. The van der Waals surface area contributed by atoms with Gasteiger partial charge in [-0.25, -0.2) is 0 Å². The Bertz CT molecular complexity index is 1140. The van der Waals surface area contributed by atoms with Gasteiger partial charge in [0.05, 0.1) is 49.3 Å². The summed E-state index contributed by atoms with van der Waals surface area (Å²) in [7, 11) is 0. The SMILES string of the molecule is CCCCCCCCCCCCCC=C[C@@H](C)[C@H](CO[C@@H]1OC(CC)[C@H](O[C@@H]2OC(CC)[C@H](O[C@@H]3OC(CC)[C@H](C)[C@H](O)C3C)[C@H](C)C2C)[C@H](C)C1O)N=[N+]=[N-].[Ac]. The third kappa shape index (κ3) is 16.1. The fourth-order valence-corrected chi connectivity index (χ4v) is 8.87. The minimum atomic E-state index is -0.943. The maximum absolute atomic E-state index is 11.5. The van der Waals surface area contributed by atoms with Crippen molar-refractivity contribution in [3.63, 3.8) is 0 Å². The van der Waals surface area contributed by atoms with E-state index in [1.165, 1.54) is 70.6 Å². The molecule has 0 spiro atoms. The molecule has 6 unspecified atom stereocenters. The van der Waals surface area contributed by atoms with E-state index in [0.29, 0.717) is 6.42 Å². The van der Waals surface area contributed by atoms with Crippen molar-refractivity contribution in [1.29, 1.82) is 0 Å². The van der Waals surface area contributed by atoms with E-state index < -0.39 is 43.2 Å². The van der Waals surface area contributed by atoms with Crippen molar-refractivity contribution < 1.29 is 82.7 Å². The van der Waals surface area contributed by atoms with E-state index in [9.17, 15) is 15.7 Å². The summed E-state index contributed by atoms with van der Waals surface area (Å²) in [6.07, 6.45) is 17.5. The average Bonchev–Trinajstić information content (AvgIpc) is 3.19. The van der Waals surface area contributed by atoms with Crippen molar-refractivity contribution >= 4 is 0 Å². The maximum atomic E-state index is 11.5. The molecule has 0 aromatic heterocycles. The van der Waals surface area contributed by atoms with Gasteiger partial charge >= 0.3 is 0 Å². The second-order valence-electron chi connectivity index (χ2n) is 17.5. The van der Waals surface area contributed by atoms with E-state index in [-0.39, 0.29) is 111 Å². The summed E-state index contributed by atoms with van der Waals surface area (Å²) in [4.78, 5) is 3.11. The summed E-state index contributed by atoms with van der Waals surface area (Å²) in [6.45, 7) is 21.0. The molecule has 3 heterocycles. The summed E-state index contributed by atoms with van der Waals surface area (Å²) in [5, 5.41) is 26.5. The van der Waals surface area contributed by atoms with Crippen molar-refractivity contribution in [2.45, 2.75) is 233 Å². The quantitative estimate of drug-likeness (QED) is 0.0302. The van der Waals surface area contributed by atoms with Gasteiger partial charge in [0.15, 0.2) is 18.9 Å². The molecule has 3 saturated heterocycles. The first-order valence-electron chi connectivity index (χ1n) is 22.9. The molecule has 11 nitrogen and oxygen atoms in total. The monoisotopic (exact) mass is 1020 g/mol. The molecule has 0 aliphatic carbocycles. The van der Waals surface area contributed by atoms with Gasteiger partial charge in [0.1, 0.15) is 6.10 Å². The fourth-order valence-electron chi connectivity index (χ4n) is 8.87. The van der Waals surface area contributed by atoms with E-state index in [1.54, 1.807) is 0 Å². The number of unbranched alkanes of at least 4 members (excludes halogenated alkanes) is 11. The second kappa shape index (κ2) is 28.7. The number of hydrogen-bond acceptors (Lipinski definition) is 9. The standard InChI is InChI=1S/C45H83N3O8.Ac/c1-11-15-16-17-18-19-20-21-22-23-24-25-26-27-29(5)35(47-48-46)28-51-45-40(50)33(9)42(38(14-4)54-45)56-43-31(7)30(6)41(37(13-3)53-43)55-44-34(10)39(49)32(8)36(12-2)52-44;/h26-27,29-45,49-50H,11-25,28H2,1-10H3;/t29-,30-,31?,32+,33-,34?,35+,36?,37?,38?,39+,40?,41-,42-,43+,44+,45-;/m1./s1. The summed E-state index contributed by atoms with van der Waals surface area (Å²) in [5.41, 5.74) is 9.34. The maximum Gasteiger partial charge on any atom is 0.184 e. The molecule has 3 rings (SSSR count). The molecule has 1 radical (unpaired) electrons. The number of aliphatic hydroxyl groups is 2. The number of hydrogen-bond donors (Lipinski definition) is 2. The van der Waals surface area contributed by atoms with Crippen LogP contribution in [0.15, 0.2) is 17.3 Å². The molecule has 17 atom stereocenters. The molecule has 0 bridgehead atoms. The van der Waals surface area contributed by atoms with Crippen molar-refractivity contribution in [2.75, 3.05) is 6.61 Å². The Balaban J connectivity index is 0.0000112. The molecule has 2 N–H and O–H groups in total. The molecule has 12 heteroatoms. The zero-order chi connectivity index (χ0) is 41.2. The molecular formula is C45H83AcN3O8. The van der Waals surface area contributed by atoms with Crippen molar-refractivity contribution in [3.8, 4) is 0 Å². The molecule has 329 valence electrons. The van der Waals surface area contributed by atoms with Gasteiger partial charge in [-0.3, -0.25) is 0 Å². The van der Waals surface area contributed by atoms with Crippen LogP contribution in [0.3, 0.4) is 0 Å². The summed E-state index contributed by atoms with van der Waals surface area (Å²) < 4.78 is 39.0. The molecule has 57 heavy (non-hydrogen) atoms. The van der Waals surface area contributed by atoms with Crippen LogP contribution < -0.4 is 0 Å². The Morgan fingerprint density at radius 1 is 0.632 bits per heavy atom. The number of rotatable bonds is 25. The third-order valence-electron chi connectivity index (χ3n) is 13.3. The van der Waals surface area contributed by atoms with Gasteiger partial charge < -0.3 is 38.6 Å². The molecule has 0 amide bonds. The van der Waals surface area contributed by atoms with Gasteiger partial charge in [0, 0.05) is 72.6 Å². The number of azide groups is 1. The molecular weight excluding hydrogens is 938 g/mol. The van der Waals surface area contributed by atoms with Gasteiger partial charge in [-0.2, -0.15) is 0 Å². The van der Waals surface area contributed by atoms with Gasteiger partial charge in [-0.1, -0.05) is 151 Å². The second-order valence-corrected chi connectivity index (χ2v) is 17.5. The molecule has 3 aliphatic heterocycles. The Hall–Kier alpha value is 0.172. The summed E-state index contributed by atoms with van der Waals surface area (Å²) in [6, 6.07) is -0.422. The Morgan fingerprint density at radius 2 is 1.12 bits per heavy atom. The fraction of sp³-hybridized carbons (Fsp3) is 0.956.